The van der Waals surface area contributed by atoms with Crippen LogP contribution in [-0.2, 0) is 22.6 Å². The summed E-state index contributed by atoms with van der Waals surface area (Å²) in [5.74, 6) is -0.282. The molecule has 0 radical (unpaired) electrons. The largest absolute Gasteiger partial charge is 0.347 e. The predicted molar refractivity (Wildman–Crippen MR) is 74.3 cm³/mol. The second-order valence-electron chi connectivity index (χ2n) is 4.72. The Balaban J connectivity index is 2.52. The first-order valence-corrected chi connectivity index (χ1v) is 6.22. The number of hydrogen-bond donors (Lipinski definition) is 2. The molecular formula is C14H21N3O2. The van der Waals surface area contributed by atoms with Crippen LogP contribution in [-0.4, -0.2) is 36.9 Å². The normalized spacial score (nSPS) is 11.8. The summed E-state index contributed by atoms with van der Waals surface area (Å²) < 4.78 is 0. The van der Waals surface area contributed by atoms with Gasteiger partial charge in [0, 0.05) is 20.6 Å². The van der Waals surface area contributed by atoms with Crippen molar-refractivity contribution in [3.63, 3.8) is 0 Å². The van der Waals surface area contributed by atoms with Gasteiger partial charge in [0.2, 0.25) is 11.8 Å². The highest BCUT2D eigenvalue weighted by molar-refractivity contribution is 5.87. The standard InChI is InChI=1S/C14H21N3O2/c1-10(14(19)17(2)3)16-13(18)8-11-4-6-12(9-15)7-5-11/h4-7,10H,8-9,15H2,1-3H3,(H,16,18). The lowest BCUT2D eigenvalue weighted by Gasteiger charge is -2.18. The van der Waals surface area contributed by atoms with Gasteiger partial charge in [-0.25, -0.2) is 0 Å². The molecule has 0 aliphatic rings. The maximum Gasteiger partial charge on any atom is 0.244 e. The molecule has 0 aliphatic heterocycles. The number of nitrogens with two attached hydrogens (primary N) is 1. The van der Waals surface area contributed by atoms with Crippen LogP contribution < -0.4 is 11.1 Å². The fourth-order valence-corrected chi connectivity index (χ4v) is 1.72. The maximum absolute atomic E-state index is 11.8. The van der Waals surface area contributed by atoms with Crippen molar-refractivity contribution in [3.05, 3.63) is 35.4 Å². The summed E-state index contributed by atoms with van der Waals surface area (Å²) in [6.45, 7) is 2.17. The summed E-state index contributed by atoms with van der Waals surface area (Å²) >= 11 is 0. The van der Waals surface area contributed by atoms with E-state index < -0.39 is 6.04 Å². The van der Waals surface area contributed by atoms with Gasteiger partial charge in [0.25, 0.3) is 0 Å². The highest BCUT2D eigenvalue weighted by Crippen LogP contribution is 2.04. The molecule has 0 aromatic heterocycles. The second-order valence-corrected chi connectivity index (χ2v) is 4.72. The summed E-state index contributed by atoms with van der Waals surface area (Å²) in [7, 11) is 3.33. The van der Waals surface area contributed by atoms with Crippen molar-refractivity contribution in [1.29, 1.82) is 0 Å². The molecule has 0 saturated carbocycles. The minimum Gasteiger partial charge on any atom is -0.347 e. The summed E-state index contributed by atoms with van der Waals surface area (Å²) in [6.07, 6.45) is 0.260. The van der Waals surface area contributed by atoms with E-state index in [4.69, 9.17) is 5.73 Å². The first-order chi connectivity index (χ1) is 8.93. The van der Waals surface area contributed by atoms with Crippen molar-refractivity contribution in [2.24, 2.45) is 5.73 Å². The summed E-state index contributed by atoms with van der Waals surface area (Å²) in [4.78, 5) is 24.9. The van der Waals surface area contributed by atoms with Crippen LogP contribution in [0.15, 0.2) is 24.3 Å². The molecule has 5 nitrogen and oxygen atoms in total. The first kappa shape index (κ1) is 15.2. The number of likely N-dealkylation sites (N-methyl/N-ethyl adjacent to an activating group) is 1. The summed E-state index contributed by atoms with van der Waals surface area (Å²) in [5, 5.41) is 2.68. The number of carbonyl (C=O) groups excluding carboxylic acids is 2. The van der Waals surface area contributed by atoms with E-state index in [1.807, 2.05) is 24.3 Å². The van der Waals surface area contributed by atoms with Crippen molar-refractivity contribution in [3.8, 4) is 0 Å². The zero-order valence-electron chi connectivity index (χ0n) is 11.6. The molecule has 1 rings (SSSR count). The van der Waals surface area contributed by atoms with Gasteiger partial charge >= 0.3 is 0 Å². The van der Waals surface area contributed by atoms with E-state index in [9.17, 15) is 9.59 Å². The fourth-order valence-electron chi connectivity index (χ4n) is 1.72. The highest BCUT2D eigenvalue weighted by Gasteiger charge is 2.16. The zero-order chi connectivity index (χ0) is 14.4. The fraction of sp³-hybridized carbons (Fsp3) is 0.429. The average molecular weight is 263 g/mol. The van der Waals surface area contributed by atoms with E-state index in [1.54, 1.807) is 21.0 Å². The molecule has 104 valence electrons. The van der Waals surface area contributed by atoms with Gasteiger partial charge in [-0.3, -0.25) is 9.59 Å². The van der Waals surface area contributed by atoms with Crippen molar-refractivity contribution in [2.45, 2.75) is 25.9 Å². The highest BCUT2D eigenvalue weighted by atomic mass is 16.2. The summed E-state index contributed by atoms with van der Waals surface area (Å²) in [5.41, 5.74) is 7.44. The van der Waals surface area contributed by atoms with E-state index in [1.165, 1.54) is 4.90 Å². The van der Waals surface area contributed by atoms with E-state index in [2.05, 4.69) is 5.32 Å². The van der Waals surface area contributed by atoms with Crippen LogP contribution in [0.3, 0.4) is 0 Å². The monoisotopic (exact) mass is 263 g/mol. The molecule has 1 aromatic rings. The van der Waals surface area contributed by atoms with Crippen LogP contribution in [0, 0.1) is 0 Å². The smallest absolute Gasteiger partial charge is 0.244 e. The number of nitrogens with one attached hydrogen (secondary N) is 1. The molecule has 19 heavy (non-hydrogen) atoms. The van der Waals surface area contributed by atoms with Gasteiger partial charge in [0.1, 0.15) is 6.04 Å². The van der Waals surface area contributed by atoms with Crippen molar-refractivity contribution < 1.29 is 9.59 Å². The molecule has 5 heteroatoms. The molecule has 0 fully saturated rings. The van der Waals surface area contributed by atoms with Crippen LogP contribution in [0.5, 0.6) is 0 Å². The molecule has 1 aromatic carbocycles. The second kappa shape index (κ2) is 6.89. The molecular weight excluding hydrogens is 242 g/mol. The third kappa shape index (κ3) is 4.71. The van der Waals surface area contributed by atoms with Gasteiger partial charge in [-0.15, -0.1) is 0 Å². The predicted octanol–water partition coefficient (Wildman–Crippen LogP) is 0.281. The molecule has 0 bridgehead atoms. The van der Waals surface area contributed by atoms with Gasteiger partial charge < -0.3 is 16.0 Å². The lowest BCUT2D eigenvalue weighted by atomic mass is 10.1. The zero-order valence-corrected chi connectivity index (χ0v) is 11.6. The third-order valence-corrected chi connectivity index (χ3v) is 2.81. The SMILES string of the molecule is CC(NC(=O)Cc1ccc(CN)cc1)C(=O)N(C)C. The molecule has 0 saturated heterocycles. The average Bonchev–Trinajstić information content (AvgIpc) is 2.38. The molecule has 1 unspecified atom stereocenters. The maximum atomic E-state index is 11.8. The van der Waals surface area contributed by atoms with Gasteiger partial charge in [-0.1, -0.05) is 24.3 Å². The summed E-state index contributed by atoms with van der Waals surface area (Å²) in [6, 6.07) is 7.04. The number of rotatable bonds is 5. The van der Waals surface area contributed by atoms with E-state index in [0.717, 1.165) is 11.1 Å². The lowest BCUT2D eigenvalue weighted by Crippen LogP contribution is -2.44. The number of carbonyl (C=O) groups is 2. The number of hydrogen-bond acceptors (Lipinski definition) is 3. The van der Waals surface area contributed by atoms with Gasteiger partial charge in [0.05, 0.1) is 6.42 Å². The van der Waals surface area contributed by atoms with E-state index >= 15 is 0 Å². The Morgan fingerprint density at radius 2 is 1.74 bits per heavy atom. The van der Waals surface area contributed by atoms with Gasteiger partial charge in [-0.05, 0) is 18.1 Å². The minimum absolute atomic E-state index is 0.119. The van der Waals surface area contributed by atoms with Crippen LogP contribution in [0.4, 0.5) is 0 Å². The van der Waals surface area contributed by atoms with Crippen LogP contribution in [0.2, 0.25) is 0 Å². The van der Waals surface area contributed by atoms with Crippen molar-refractivity contribution in [2.75, 3.05) is 14.1 Å². The molecule has 0 spiro atoms. The topological polar surface area (TPSA) is 75.4 Å². The van der Waals surface area contributed by atoms with Crippen LogP contribution >= 0.6 is 0 Å². The molecule has 2 amide bonds. The molecule has 0 heterocycles. The van der Waals surface area contributed by atoms with Crippen LogP contribution in [0.1, 0.15) is 18.1 Å². The molecule has 3 N–H and O–H groups in total. The first-order valence-electron chi connectivity index (χ1n) is 6.22. The molecule has 0 aliphatic carbocycles. The Kier molecular flexibility index (Phi) is 5.51. The lowest BCUT2D eigenvalue weighted by molar-refractivity contribution is -0.133. The Morgan fingerprint density at radius 1 is 1.21 bits per heavy atom. The molecule has 1 atom stereocenters. The number of benzene rings is 1. The van der Waals surface area contributed by atoms with Crippen molar-refractivity contribution in [1.82, 2.24) is 10.2 Å². The Labute approximate surface area is 113 Å². The minimum atomic E-state index is -0.509. The third-order valence-electron chi connectivity index (χ3n) is 2.81. The van der Waals surface area contributed by atoms with E-state index in [0.29, 0.717) is 6.54 Å². The number of amides is 2. The Morgan fingerprint density at radius 3 is 2.21 bits per heavy atom. The quantitative estimate of drug-likeness (QED) is 0.801. The van der Waals surface area contributed by atoms with Crippen molar-refractivity contribution >= 4 is 11.8 Å². The Hall–Kier alpha value is -1.88. The number of nitrogens with zero attached hydrogens (tertiary/aromatic N) is 1. The van der Waals surface area contributed by atoms with Gasteiger partial charge in [-0.2, -0.15) is 0 Å². The van der Waals surface area contributed by atoms with E-state index in [-0.39, 0.29) is 18.2 Å². The van der Waals surface area contributed by atoms with Gasteiger partial charge in [0.15, 0.2) is 0 Å². The Bertz CT molecular complexity index is 441. The van der Waals surface area contributed by atoms with Crippen LogP contribution in [0.25, 0.3) is 0 Å².